The third kappa shape index (κ3) is 5.21. The summed E-state index contributed by atoms with van der Waals surface area (Å²) in [6.07, 6.45) is 1.83. The van der Waals surface area contributed by atoms with Crippen molar-refractivity contribution in [3.05, 3.63) is 94.5 Å². The molecule has 8 heteroatoms. The Kier molecular flexibility index (Phi) is 7.13. The predicted molar refractivity (Wildman–Crippen MR) is 130 cm³/mol. The summed E-state index contributed by atoms with van der Waals surface area (Å²) < 4.78 is 12.5. The number of nitrogens with one attached hydrogen (secondary N) is 2. The lowest BCUT2D eigenvalue weighted by molar-refractivity contribution is -0.596. The van der Waals surface area contributed by atoms with Gasteiger partial charge in [-0.3, -0.25) is 9.59 Å². The molecule has 7 nitrogen and oxygen atoms in total. The highest BCUT2D eigenvalue weighted by atomic mass is 35.5. The number of hydrogen-bond acceptors (Lipinski definition) is 4. The third-order valence-corrected chi connectivity index (χ3v) is 5.72. The van der Waals surface area contributed by atoms with E-state index < -0.39 is 12.1 Å². The first-order valence-electron chi connectivity index (χ1n) is 10.9. The number of rotatable bonds is 7. The number of ether oxygens (including phenoxy) is 2. The average Bonchev–Trinajstić information content (AvgIpc) is 3.15. The molecular formula is C26H25ClN3O4+. The van der Waals surface area contributed by atoms with Crippen molar-refractivity contribution in [3.63, 3.8) is 0 Å². The number of halogens is 1. The fourth-order valence-electron chi connectivity index (χ4n) is 3.78. The van der Waals surface area contributed by atoms with Gasteiger partial charge in [0.15, 0.2) is 6.04 Å². The second-order valence-electron chi connectivity index (χ2n) is 7.69. The van der Waals surface area contributed by atoms with Gasteiger partial charge >= 0.3 is 5.91 Å². The van der Waals surface area contributed by atoms with Gasteiger partial charge in [-0.25, -0.2) is 0 Å². The van der Waals surface area contributed by atoms with Crippen LogP contribution >= 0.6 is 11.6 Å². The maximum absolute atomic E-state index is 13.0. The summed E-state index contributed by atoms with van der Waals surface area (Å²) in [4.78, 5) is 25.9. The van der Waals surface area contributed by atoms with Crippen molar-refractivity contribution in [1.82, 2.24) is 10.7 Å². The number of methoxy groups -OCH3 is 1. The lowest BCUT2D eigenvalue weighted by Gasteiger charge is -2.15. The summed E-state index contributed by atoms with van der Waals surface area (Å²) in [5.74, 6) is 0.790. The van der Waals surface area contributed by atoms with Crippen molar-refractivity contribution < 1.29 is 23.7 Å². The van der Waals surface area contributed by atoms with Crippen molar-refractivity contribution in [2.75, 3.05) is 13.7 Å². The summed E-state index contributed by atoms with van der Waals surface area (Å²) in [7, 11) is 1.59. The maximum atomic E-state index is 13.0. The number of carbonyl (C=O) groups is 2. The van der Waals surface area contributed by atoms with Crippen LogP contribution in [0.3, 0.4) is 0 Å². The van der Waals surface area contributed by atoms with Crippen LogP contribution in [0.1, 0.15) is 34.5 Å². The van der Waals surface area contributed by atoms with Gasteiger partial charge in [0.25, 0.3) is 5.91 Å². The van der Waals surface area contributed by atoms with Gasteiger partial charge in [0, 0.05) is 21.7 Å². The first-order valence-corrected chi connectivity index (χ1v) is 11.2. The first-order chi connectivity index (χ1) is 16.5. The van der Waals surface area contributed by atoms with E-state index in [0.29, 0.717) is 22.9 Å². The van der Waals surface area contributed by atoms with Crippen LogP contribution in [0.2, 0.25) is 5.02 Å². The molecule has 0 bridgehead atoms. The quantitative estimate of drug-likeness (QED) is 0.507. The van der Waals surface area contributed by atoms with Crippen LogP contribution in [0.5, 0.6) is 11.5 Å². The molecule has 1 fully saturated rings. The Morgan fingerprint density at radius 2 is 1.68 bits per heavy atom. The molecule has 4 rings (SSSR count). The number of amides is 2. The number of nitrogens with zero attached hydrogens (tertiary/aromatic N) is 1. The molecule has 1 aliphatic heterocycles. The van der Waals surface area contributed by atoms with Gasteiger partial charge in [-0.15, -0.1) is 10.1 Å². The van der Waals surface area contributed by atoms with Gasteiger partial charge in [0.2, 0.25) is 12.3 Å². The monoisotopic (exact) mass is 478 g/mol. The average molecular weight is 479 g/mol. The SMILES string of the molecule is CCOc1ccc(/C=[N+]2\NC(=O)[C@@H](NC(=O)c3ccc(Cl)cc3)[C@@H]2c2ccc(OC)cc2)cc1. The molecule has 3 aromatic carbocycles. The molecule has 0 aliphatic carbocycles. The smallest absolute Gasteiger partial charge is 0.304 e. The van der Waals surface area contributed by atoms with E-state index in [1.807, 2.05) is 61.7 Å². The van der Waals surface area contributed by atoms with E-state index in [1.165, 1.54) is 0 Å². The summed E-state index contributed by atoms with van der Waals surface area (Å²) in [5.41, 5.74) is 5.00. The Morgan fingerprint density at radius 1 is 1.03 bits per heavy atom. The molecule has 0 unspecified atom stereocenters. The second-order valence-corrected chi connectivity index (χ2v) is 8.13. The largest absolute Gasteiger partial charge is 0.497 e. The van der Waals surface area contributed by atoms with Crippen LogP contribution in [0, 0.1) is 0 Å². The minimum absolute atomic E-state index is 0.315. The molecule has 3 aromatic rings. The molecule has 34 heavy (non-hydrogen) atoms. The summed E-state index contributed by atoms with van der Waals surface area (Å²) >= 11 is 5.94. The predicted octanol–water partition coefficient (Wildman–Crippen LogP) is 3.76. The van der Waals surface area contributed by atoms with Gasteiger partial charge in [0.1, 0.15) is 11.5 Å². The van der Waals surface area contributed by atoms with E-state index in [9.17, 15) is 9.59 Å². The Balaban J connectivity index is 1.67. The van der Waals surface area contributed by atoms with Crippen LogP contribution < -0.4 is 20.2 Å². The lowest BCUT2D eigenvalue weighted by atomic mass is 9.99. The normalized spacial score (nSPS) is 18.4. The standard InChI is InChI=1S/C26H24ClN3O4/c1-3-34-22-12-4-17(5-13-22)16-30-24(18-8-14-21(33-2)15-9-18)23(26(32)29-30)28-25(31)19-6-10-20(27)11-7-19/h4-16,23-24H,3H2,1-2H3,(H-,28,29,31,32)/p+1/b30-16-/t23-,24-/m0/s1. The molecule has 1 saturated heterocycles. The summed E-state index contributed by atoms with van der Waals surface area (Å²) in [6, 6.07) is 20.2. The maximum Gasteiger partial charge on any atom is 0.304 e. The highest BCUT2D eigenvalue weighted by molar-refractivity contribution is 6.30. The van der Waals surface area contributed by atoms with Gasteiger partial charge in [-0.2, -0.15) is 0 Å². The number of hydrazine groups is 1. The van der Waals surface area contributed by atoms with E-state index in [1.54, 1.807) is 36.1 Å². The van der Waals surface area contributed by atoms with Crippen LogP contribution in [0.25, 0.3) is 0 Å². The van der Waals surface area contributed by atoms with E-state index in [2.05, 4.69) is 10.7 Å². The fourth-order valence-corrected chi connectivity index (χ4v) is 3.91. The van der Waals surface area contributed by atoms with Crippen LogP contribution in [-0.4, -0.2) is 42.5 Å². The topological polar surface area (TPSA) is 79.7 Å². The van der Waals surface area contributed by atoms with Crippen molar-refractivity contribution in [2.45, 2.75) is 19.0 Å². The number of hydrogen-bond donors (Lipinski definition) is 2. The molecule has 2 atom stereocenters. The Morgan fingerprint density at radius 3 is 2.29 bits per heavy atom. The zero-order chi connectivity index (χ0) is 24.1. The van der Waals surface area contributed by atoms with Crippen molar-refractivity contribution in [3.8, 4) is 11.5 Å². The van der Waals surface area contributed by atoms with Crippen LogP contribution in [0.4, 0.5) is 0 Å². The number of hydrazone groups is 1. The molecule has 1 aliphatic rings. The van der Waals surface area contributed by atoms with E-state index in [4.69, 9.17) is 21.1 Å². The van der Waals surface area contributed by atoms with Crippen LogP contribution in [0.15, 0.2) is 72.8 Å². The third-order valence-electron chi connectivity index (χ3n) is 5.47. The summed E-state index contributed by atoms with van der Waals surface area (Å²) in [5, 5.41) is 3.41. The van der Waals surface area contributed by atoms with Gasteiger partial charge in [0.05, 0.1) is 13.7 Å². The molecule has 1 heterocycles. The molecule has 0 saturated carbocycles. The molecule has 174 valence electrons. The van der Waals surface area contributed by atoms with E-state index >= 15 is 0 Å². The molecule has 0 radical (unpaired) electrons. The Bertz CT molecular complexity index is 1190. The van der Waals surface area contributed by atoms with Crippen molar-refractivity contribution in [2.24, 2.45) is 0 Å². The zero-order valence-corrected chi connectivity index (χ0v) is 19.6. The Hall–Kier alpha value is -3.84. The minimum atomic E-state index is -0.824. The highest BCUT2D eigenvalue weighted by Crippen LogP contribution is 2.27. The minimum Gasteiger partial charge on any atom is -0.497 e. The number of benzene rings is 3. The van der Waals surface area contributed by atoms with E-state index in [-0.39, 0.29) is 11.8 Å². The number of carbonyl (C=O) groups excluding carboxylic acids is 2. The van der Waals surface area contributed by atoms with E-state index in [0.717, 1.165) is 16.9 Å². The van der Waals surface area contributed by atoms with Gasteiger partial charge < -0.3 is 14.8 Å². The Labute approximate surface area is 202 Å². The van der Waals surface area contributed by atoms with Gasteiger partial charge in [-0.05, 0) is 79.7 Å². The van der Waals surface area contributed by atoms with Crippen LogP contribution in [-0.2, 0) is 4.79 Å². The highest BCUT2D eigenvalue weighted by Gasteiger charge is 2.47. The molecule has 2 amide bonds. The fraction of sp³-hybridized carbons (Fsp3) is 0.192. The first kappa shape index (κ1) is 23.3. The van der Waals surface area contributed by atoms with Crippen molar-refractivity contribution >= 4 is 29.6 Å². The molecule has 2 N–H and O–H groups in total. The molecule has 0 spiro atoms. The summed E-state index contributed by atoms with van der Waals surface area (Å²) in [6.45, 7) is 2.51. The second kappa shape index (κ2) is 10.4. The lowest BCUT2D eigenvalue weighted by Crippen LogP contribution is -2.42. The van der Waals surface area contributed by atoms with Gasteiger partial charge in [-0.1, -0.05) is 11.6 Å². The molecular weight excluding hydrogens is 454 g/mol. The van der Waals surface area contributed by atoms with Crippen molar-refractivity contribution in [1.29, 1.82) is 0 Å². The zero-order valence-electron chi connectivity index (χ0n) is 18.8. The molecule has 0 aromatic heterocycles.